The van der Waals surface area contributed by atoms with E-state index in [1.165, 1.54) is 0 Å². The van der Waals surface area contributed by atoms with E-state index in [4.69, 9.17) is 0 Å². The van der Waals surface area contributed by atoms with Crippen molar-refractivity contribution < 1.29 is 9.59 Å². The van der Waals surface area contributed by atoms with E-state index in [1.54, 1.807) is 24.4 Å². The van der Waals surface area contributed by atoms with Gasteiger partial charge in [0, 0.05) is 17.1 Å². The van der Waals surface area contributed by atoms with Gasteiger partial charge in [-0.3, -0.25) is 19.7 Å². The molecule has 3 aromatic rings. The molecule has 2 aromatic heterocycles. The van der Waals surface area contributed by atoms with Crippen molar-refractivity contribution >= 4 is 45.1 Å². The first-order valence-electron chi connectivity index (χ1n) is 7.78. The normalized spacial score (nSPS) is 15.4. The zero-order chi connectivity index (χ0) is 16.7. The summed E-state index contributed by atoms with van der Waals surface area (Å²) in [5, 5.41) is 7.87. The molecule has 1 aliphatic rings. The second-order valence-electron chi connectivity index (χ2n) is 6.04. The summed E-state index contributed by atoms with van der Waals surface area (Å²) in [4.78, 5) is 29.9. The van der Waals surface area contributed by atoms with Crippen LogP contribution in [-0.2, 0) is 4.79 Å². The van der Waals surface area contributed by atoms with Gasteiger partial charge in [0.05, 0.1) is 17.1 Å². The van der Waals surface area contributed by atoms with Crippen LogP contribution in [0.5, 0.6) is 0 Å². The molecule has 0 amide bonds. The van der Waals surface area contributed by atoms with Crippen molar-refractivity contribution in [1.29, 1.82) is 0 Å². The Balaban J connectivity index is 1.68. The number of H-pyrrole nitrogens is 1. The number of halogens is 1. The number of fused-ring (bicyclic) bond motifs is 1. The highest BCUT2D eigenvalue weighted by atomic mass is 127. The summed E-state index contributed by atoms with van der Waals surface area (Å²) < 4.78 is 0.785. The third-order valence-electron chi connectivity index (χ3n) is 4.38. The zero-order valence-corrected chi connectivity index (χ0v) is 14.9. The quantitative estimate of drug-likeness (QED) is 0.381. The van der Waals surface area contributed by atoms with Crippen molar-refractivity contribution in [2.75, 3.05) is 0 Å². The molecule has 5 nitrogen and oxygen atoms in total. The molecule has 1 saturated carbocycles. The molecule has 0 radical (unpaired) electrons. The molecule has 0 bridgehead atoms. The summed E-state index contributed by atoms with van der Waals surface area (Å²) in [5.74, 6) is -1.02. The number of hydrogen-bond acceptors (Lipinski definition) is 4. The Labute approximate surface area is 152 Å². The van der Waals surface area contributed by atoms with Gasteiger partial charge >= 0.3 is 0 Å². The highest BCUT2D eigenvalue weighted by Crippen LogP contribution is 2.43. The summed E-state index contributed by atoms with van der Waals surface area (Å²) in [7, 11) is 0. The Bertz CT molecular complexity index is 932. The third kappa shape index (κ3) is 2.75. The molecule has 0 aliphatic heterocycles. The third-order valence-corrected chi connectivity index (χ3v) is 5.21. The predicted molar refractivity (Wildman–Crippen MR) is 97.9 cm³/mol. The maximum absolute atomic E-state index is 12.9. The number of rotatable bonds is 5. The van der Waals surface area contributed by atoms with Gasteiger partial charge in [0.2, 0.25) is 11.6 Å². The van der Waals surface area contributed by atoms with Gasteiger partial charge in [-0.1, -0.05) is 6.07 Å². The second-order valence-corrected chi connectivity index (χ2v) is 7.06. The number of pyridine rings is 1. The lowest BCUT2D eigenvalue weighted by Crippen LogP contribution is -2.24. The van der Waals surface area contributed by atoms with Crippen LogP contribution in [0, 0.1) is 9.62 Å². The highest BCUT2D eigenvalue weighted by Gasteiger charge is 2.40. The van der Waals surface area contributed by atoms with Gasteiger partial charge in [0.25, 0.3) is 0 Å². The minimum Gasteiger partial charge on any atom is -0.290 e. The number of aromatic nitrogens is 3. The number of Topliss-reactive ketones (excluding diaryl/α,β-unsaturated/α-hetero) is 2. The van der Waals surface area contributed by atoms with Crippen LogP contribution in [0.4, 0.5) is 0 Å². The van der Waals surface area contributed by atoms with Crippen molar-refractivity contribution in [1.82, 2.24) is 15.2 Å². The van der Waals surface area contributed by atoms with Crippen LogP contribution in [0.2, 0.25) is 0 Å². The Morgan fingerprint density at radius 1 is 1.21 bits per heavy atom. The number of nitrogens with zero attached hydrogens (tertiary/aromatic N) is 2. The Kier molecular flexibility index (Phi) is 3.91. The summed E-state index contributed by atoms with van der Waals surface area (Å²) in [5.41, 5.74) is 1.96. The number of carbonyl (C=O) groups excluding carboxylic acids is 2. The molecule has 24 heavy (non-hydrogen) atoms. The largest absolute Gasteiger partial charge is 0.290 e. The zero-order valence-electron chi connectivity index (χ0n) is 12.7. The van der Waals surface area contributed by atoms with Crippen LogP contribution in [0.1, 0.15) is 34.8 Å². The van der Waals surface area contributed by atoms with Crippen LogP contribution in [0.25, 0.3) is 10.9 Å². The van der Waals surface area contributed by atoms with Crippen molar-refractivity contribution in [2.45, 2.75) is 18.8 Å². The Hall–Kier alpha value is -2.09. The second kappa shape index (κ2) is 6.08. The fourth-order valence-corrected chi connectivity index (χ4v) is 3.55. The molecule has 0 unspecified atom stereocenters. The minimum absolute atomic E-state index is 0.231. The standard InChI is InChI=1S/C18H14IN3O2/c19-18-12-9-11(6-7-13(12)21-22-18)16(23)17(24)15(10-4-5-10)14-3-1-2-8-20-14/h1-3,6-10,15H,4-5H2,(H,21,22)/t15-/m1/s1. The molecular formula is C18H14IN3O2. The molecule has 1 atom stereocenters. The summed E-state index contributed by atoms with van der Waals surface area (Å²) >= 11 is 2.11. The Morgan fingerprint density at radius 2 is 2.04 bits per heavy atom. The van der Waals surface area contributed by atoms with Gasteiger partial charge in [-0.05, 0) is 71.7 Å². The fraction of sp³-hybridized carbons (Fsp3) is 0.222. The van der Waals surface area contributed by atoms with Gasteiger partial charge in [-0.25, -0.2) is 0 Å². The van der Waals surface area contributed by atoms with Crippen LogP contribution >= 0.6 is 22.6 Å². The molecule has 6 heteroatoms. The molecular weight excluding hydrogens is 417 g/mol. The van der Waals surface area contributed by atoms with Crippen molar-refractivity contribution in [3.8, 4) is 0 Å². The van der Waals surface area contributed by atoms with Gasteiger partial charge in [-0.15, -0.1) is 0 Å². The van der Waals surface area contributed by atoms with E-state index in [-0.39, 0.29) is 11.7 Å². The van der Waals surface area contributed by atoms with Gasteiger partial charge < -0.3 is 0 Å². The fourth-order valence-electron chi connectivity index (χ4n) is 2.99. The maximum Gasteiger partial charge on any atom is 0.229 e. The monoisotopic (exact) mass is 431 g/mol. The SMILES string of the molecule is O=C(C(=O)[C@@H](c1ccccn1)C1CC1)c1ccc2[nH]nc(I)c2c1. The van der Waals surface area contributed by atoms with Crippen LogP contribution < -0.4 is 0 Å². The lowest BCUT2D eigenvalue weighted by Gasteiger charge is -2.13. The Morgan fingerprint density at radius 3 is 2.75 bits per heavy atom. The first-order chi connectivity index (χ1) is 11.6. The maximum atomic E-state index is 12.9. The first kappa shape index (κ1) is 15.4. The minimum atomic E-state index is -0.448. The van der Waals surface area contributed by atoms with Crippen LogP contribution in [-0.4, -0.2) is 26.7 Å². The summed E-state index contributed by atoms with van der Waals surface area (Å²) in [6.07, 6.45) is 3.61. The number of aromatic amines is 1. The predicted octanol–water partition coefficient (Wildman–Crippen LogP) is 3.51. The lowest BCUT2D eigenvalue weighted by molar-refractivity contribution is -0.117. The molecule has 1 aromatic carbocycles. The molecule has 0 spiro atoms. The molecule has 2 heterocycles. The van der Waals surface area contributed by atoms with Crippen molar-refractivity contribution in [3.63, 3.8) is 0 Å². The topological polar surface area (TPSA) is 75.7 Å². The van der Waals surface area contributed by atoms with Gasteiger partial charge in [0.15, 0.2) is 0 Å². The lowest BCUT2D eigenvalue weighted by atomic mass is 9.89. The van der Waals surface area contributed by atoms with Gasteiger partial charge in [0.1, 0.15) is 3.70 Å². The molecule has 120 valence electrons. The van der Waals surface area contributed by atoms with E-state index < -0.39 is 11.7 Å². The van der Waals surface area contributed by atoms with E-state index in [1.807, 2.05) is 18.2 Å². The highest BCUT2D eigenvalue weighted by molar-refractivity contribution is 14.1. The van der Waals surface area contributed by atoms with E-state index >= 15 is 0 Å². The van der Waals surface area contributed by atoms with E-state index in [2.05, 4.69) is 37.8 Å². The number of ketones is 2. The van der Waals surface area contributed by atoms with Gasteiger partial charge in [-0.2, -0.15) is 5.10 Å². The van der Waals surface area contributed by atoms with E-state index in [0.717, 1.165) is 27.4 Å². The smallest absolute Gasteiger partial charge is 0.229 e. The first-order valence-corrected chi connectivity index (χ1v) is 8.86. The van der Waals surface area contributed by atoms with E-state index in [9.17, 15) is 9.59 Å². The number of carbonyl (C=O) groups is 2. The van der Waals surface area contributed by atoms with Crippen molar-refractivity contribution in [2.24, 2.45) is 5.92 Å². The molecule has 1 aliphatic carbocycles. The molecule has 4 rings (SSSR count). The number of benzene rings is 1. The summed E-state index contributed by atoms with van der Waals surface area (Å²) in [6, 6.07) is 10.7. The summed E-state index contributed by atoms with van der Waals surface area (Å²) in [6.45, 7) is 0. The van der Waals surface area contributed by atoms with Crippen LogP contribution in [0.15, 0.2) is 42.6 Å². The molecule has 1 N–H and O–H groups in total. The van der Waals surface area contributed by atoms with Crippen molar-refractivity contribution in [3.05, 3.63) is 57.6 Å². The van der Waals surface area contributed by atoms with Crippen LogP contribution in [0.3, 0.4) is 0 Å². The number of hydrogen-bond donors (Lipinski definition) is 1. The number of nitrogens with one attached hydrogen (secondary N) is 1. The van der Waals surface area contributed by atoms with E-state index in [0.29, 0.717) is 11.3 Å². The average molecular weight is 431 g/mol. The average Bonchev–Trinajstić information content (AvgIpc) is 3.38. The molecule has 0 saturated heterocycles. The molecule has 1 fully saturated rings.